The Morgan fingerprint density at radius 2 is 1.96 bits per heavy atom. The summed E-state index contributed by atoms with van der Waals surface area (Å²) in [5, 5.41) is 0. The Hall–Kier alpha value is -2.57. The first-order chi connectivity index (χ1) is 11.4. The highest BCUT2D eigenvalue weighted by Crippen LogP contribution is 2.22. The van der Waals surface area contributed by atoms with Gasteiger partial charge in [0, 0.05) is 37.8 Å². The number of furan rings is 1. The molecule has 0 N–H and O–H groups in total. The zero-order valence-corrected chi connectivity index (χ0v) is 14.2. The van der Waals surface area contributed by atoms with Crippen LogP contribution in [0.2, 0.25) is 0 Å². The Morgan fingerprint density at radius 3 is 2.58 bits per heavy atom. The molecule has 0 unspecified atom stereocenters. The maximum Gasteiger partial charge on any atom is 0.410 e. The van der Waals surface area contributed by atoms with Crippen LogP contribution in [0.5, 0.6) is 0 Å². The monoisotopic (exact) mass is 330 g/mol. The molecule has 3 rings (SSSR count). The highest BCUT2D eigenvalue weighted by Gasteiger charge is 2.26. The molecule has 1 saturated heterocycles. The van der Waals surface area contributed by atoms with Crippen LogP contribution in [0.1, 0.15) is 20.8 Å². The summed E-state index contributed by atoms with van der Waals surface area (Å²) in [6.07, 6.45) is 4.57. The minimum absolute atomic E-state index is 0.260. The summed E-state index contributed by atoms with van der Waals surface area (Å²) in [7, 11) is 0. The van der Waals surface area contributed by atoms with Crippen molar-refractivity contribution in [3.05, 3.63) is 31.0 Å². The number of carbonyl (C=O) groups is 1. The van der Waals surface area contributed by atoms with Gasteiger partial charge in [0.2, 0.25) is 0 Å². The van der Waals surface area contributed by atoms with Crippen molar-refractivity contribution in [1.82, 2.24) is 14.9 Å². The predicted octanol–water partition coefficient (Wildman–Crippen LogP) is 2.79. The molecule has 0 spiro atoms. The smallest absolute Gasteiger partial charge is 0.410 e. The quantitative estimate of drug-likeness (QED) is 0.843. The first-order valence-electron chi connectivity index (χ1n) is 8.00. The lowest BCUT2D eigenvalue weighted by molar-refractivity contribution is 0.0240. The van der Waals surface area contributed by atoms with Gasteiger partial charge in [-0.1, -0.05) is 0 Å². The average molecular weight is 330 g/mol. The number of piperazine rings is 1. The number of hydrogen-bond donors (Lipinski definition) is 0. The second-order valence-electron chi connectivity index (χ2n) is 6.73. The van der Waals surface area contributed by atoms with Gasteiger partial charge in [-0.15, -0.1) is 0 Å². The topological polar surface area (TPSA) is 71.7 Å². The van der Waals surface area contributed by atoms with Crippen LogP contribution in [0.25, 0.3) is 11.3 Å². The number of carbonyl (C=O) groups excluding carboxylic acids is 1. The maximum atomic E-state index is 12.1. The summed E-state index contributed by atoms with van der Waals surface area (Å²) < 4.78 is 10.5. The molecular weight excluding hydrogens is 308 g/mol. The number of amides is 1. The Kier molecular flexibility index (Phi) is 4.42. The second-order valence-corrected chi connectivity index (χ2v) is 6.73. The molecule has 128 valence electrons. The van der Waals surface area contributed by atoms with E-state index in [9.17, 15) is 4.79 Å². The number of rotatable bonds is 2. The van der Waals surface area contributed by atoms with Gasteiger partial charge >= 0.3 is 6.09 Å². The molecule has 0 bridgehead atoms. The molecule has 1 aliphatic heterocycles. The van der Waals surface area contributed by atoms with Crippen LogP contribution in [0.3, 0.4) is 0 Å². The second kappa shape index (κ2) is 6.51. The van der Waals surface area contributed by atoms with Gasteiger partial charge in [-0.25, -0.2) is 14.8 Å². The summed E-state index contributed by atoms with van der Waals surface area (Å²) in [6.45, 7) is 8.26. The molecule has 0 aromatic carbocycles. The minimum atomic E-state index is -0.472. The van der Waals surface area contributed by atoms with Crippen molar-refractivity contribution in [2.45, 2.75) is 26.4 Å². The number of ether oxygens (including phenoxy) is 1. The van der Waals surface area contributed by atoms with Crippen LogP contribution in [0.15, 0.2) is 35.4 Å². The fourth-order valence-corrected chi connectivity index (χ4v) is 2.53. The molecule has 1 fully saturated rings. The zero-order valence-electron chi connectivity index (χ0n) is 14.2. The summed E-state index contributed by atoms with van der Waals surface area (Å²) in [5.74, 6) is 0.852. The van der Waals surface area contributed by atoms with Gasteiger partial charge in [0.25, 0.3) is 0 Å². The van der Waals surface area contributed by atoms with E-state index in [4.69, 9.17) is 9.15 Å². The molecule has 1 amide bonds. The highest BCUT2D eigenvalue weighted by molar-refractivity contribution is 5.68. The highest BCUT2D eigenvalue weighted by atomic mass is 16.6. The molecule has 3 heterocycles. The molecule has 7 heteroatoms. The Balaban J connectivity index is 1.63. The molecule has 0 aliphatic carbocycles. The van der Waals surface area contributed by atoms with Crippen molar-refractivity contribution in [3.63, 3.8) is 0 Å². The zero-order chi connectivity index (χ0) is 17.2. The number of aromatic nitrogens is 2. The molecule has 7 nitrogen and oxygen atoms in total. The first-order valence-corrected chi connectivity index (χ1v) is 8.00. The van der Waals surface area contributed by atoms with Crippen LogP contribution < -0.4 is 4.90 Å². The maximum absolute atomic E-state index is 12.1. The van der Waals surface area contributed by atoms with E-state index in [1.54, 1.807) is 23.8 Å². The van der Waals surface area contributed by atoms with Crippen molar-refractivity contribution in [3.8, 4) is 11.3 Å². The lowest BCUT2D eigenvalue weighted by atomic mass is 10.2. The van der Waals surface area contributed by atoms with E-state index in [-0.39, 0.29) is 6.09 Å². The van der Waals surface area contributed by atoms with E-state index in [0.717, 1.165) is 17.1 Å². The summed E-state index contributed by atoms with van der Waals surface area (Å²) >= 11 is 0. The predicted molar refractivity (Wildman–Crippen MR) is 89.8 cm³/mol. The molecule has 2 aromatic heterocycles. The minimum Gasteiger partial charge on any atom is -0.472 e. The van der Waals surface area contributed by atoms with Crippen LogP contribution in [-0.2, 0) is 4.74 Å². The van der Waals surface area contributed by atoms with E-state index in [0.29, 0.717) is 26.2 Å². The fraction of sp³-hybridized carbons (Fsp3) is 0.471. The van der Waals surface area contributed by atoms with Crippen LogP contribution in [0, 0.1) is 0 Å². The summed E-state index contributed by atoms with van der Waals surface area (Å²) in [4.78, 5) is 24.6. The molecule has 1 aliphatic rings. The number of nitrogens with zero attached hydrogens (tertiary/aromatic N) is 4. The standard InChI is InChI=1S/C17H22N4O3/c1-17(2,3)24-16(22)21-7-5-20(6-8-21)15-10-14(18-12-19-15)13-4-9-23-11-13/h4,9-12H,5-8H2,1-3H3. The SMILES string of the molecule is CC(C)(C)OC(=O)N1CCN(c2cc(-c3ccoc3)ncn2)CC1. The van der Waals surface area contributed by atoms with Gasteiger partial charge in [0.05, 0.1) is 18.2 Å². The Labute approximate surface area is 141 Å². The lowest BCUT2D eigenvalue weighted by Gasteiger charge is -2.36. The third kappa shape index (κ3) is 3.84. The van der Waals surface area contributed by atoms with Crippen molar-refractivity contribution < 1.29 is 13.9 Å². The van der Waals surface area contributed by atoms with E-state index in [1.165, 1.54) is 0 Å². The van der Waals surface area contributed by atoms with E-state index in [1.807, 2.05) is 32.9 Å². The van der Waals surface area contributed by atoms with Gasteiger partial charge in [-0.05, 0) is 26.8 Å². The van der Waals surface area contributed by atoms with Gasteiger partial charge in [0.1, 0.15) is 17.7 Å². The van der Waals surface area contributed by atoms with Gasteiger partial charge in [-0.3, -0.25) is 0 Å². The lowest BCUT2D eigenvalue weighted by Crippen LogP contribution is -2.50. The largest absolute Gasteiger partial charge is 0.472 e. The fourth-order valence-electron chi connectivity index (χ4n) is 2.53. The first kappa shape index (κ1) is 16.3. The van der Waals surface area contributed by atoms with E-state index >= 15 is 0 Å². The van der Waals surface area contributed by atoms with Gasteiger partial charge < -0.3 is 19.0 Å². The van der Waals surface area contributed by atoms with Crippen molar-refractivity contribution in [1.29, 1.82) is 0 Å². The number of anilines is 1. The Morgan fingerprint density at radius 1 is 1.21 bits per heavy atom. The summed E-state index contributed by atoms with van der Waals surface area (Å²) in [6, 6.07) is 3.81. The molecule has 0 radical (unpaired) electrons. The Bertz CT molecular complexity index is 686. The molecular formula is C17H22N4O3. The van der Waals surface area contributed by atoms with Crippen LogP contribution >= 0.6 is 0 Å². The number of hydrogen-bond acceptors (Lipinski definition) is 6. The van der Waals surface area contributed by atoms with Gasteiger partial charge in [-0.2, -0.15) is 0 Å². The van der Waals surface area contributed by atoms with Crippen molar-refractivity contribution >= 4 is 11.9 Å². The van der Waals surface area contributed by atoms with Crippen LogP contribution in [0.4, 0.5) is 10.6 Å². The van der Waals surface area contributed by atoms with E-state index < -0.39 is 5.60 Å². The normalized spacial score (nSPS) is 15.5. The van der Waals surface area contributed by atoms with Crippen LogP contribution in [-0.4, -0.2) is 52.7 Å². The molecule has 0 atom stereocenters. The molecule has 0 saturated carbocycles. The third-order valence-corrected chi connectivity index (χ3v) is 3.72. The van der Waals surface area contributed by atoms with Crippen molar-refractivity contribution in [2.75, 3.05) is 31.1 Å². The van der Waals surface area contributed by atoms with E-state index in [2.05, 4.69) is 14.9 Å². The van der Waals surface area contributed by atoms with Crippen molar-refractivity contribution in [2.24, 2.45) is 0 Å². The average Bonchev–Trinajstić information content (AvgIpc) is 3.08. The molecule has 2 aromatic rings. The third-order valence-electron chi connectivity index (χ3n) is 3.72. The van der Waals surface area contributed by atoms with Gasteiger partial charge in [0.15, 0.2) is 0 Å². The summed E-state index contributed by atoms with van der Waals surface area (Å²) in [5.41, 5.74) is 1.27. The molecule has 24 heavy (non-hydrogen) atoms.